The molecule has 4 heteroatoms. The maximum absolute atomic E-state index is 11.9. The quantitative estimate of drug-likeness (QED) is 0.885. The van der Waals surface area contributed by atoms with E-state index in [1.165, 1.54) is 11.6 Å². The van der Waals surface area contributed by atoms with E-state index in [0.29, 0.717) is 18.5 Å². The Balaban J connectivity index is 1.96. The van der Waals surface area contributed by atoms with Gasteiger partial charge in [0.15, 0.2) is 0 Å². The Morgan fingerprint density at radius 3 is 2.38 bits per heavy atom. The van der Waals surface area contributed by atoms with Crippen LogP contribution in [0.1, 0.15) is 27.9 Å². The smallest absolute Gasteiger partial charge is 0.337 e. The van der Waals surface area contributed by atoms with Gasteiger partial charge in [0.05, 0.1) is 11.3 Å². The highest BCUT2D eigenvalue weighted by atomic mass is 16.4. The van der Waals surface area contributed by atoms with E-state index in [1.54, 1.807) is 18.2 Å². The minimum Gasteiger partial charge on any atom is -0.478 e. The molecule has 21 heavy (non-hydrogen) atoms. The fraction of sp³-hybridized carbons (Fsp3) is 0.176. The summed E-state index contributed by atoms with van der Waals surface area (Å²) in [6.45, 7) is 2.01. The fourth-order valence-electron chi connectivity index (χ4n) is 2.00. The highest BCUT2D eigenvalue weighted by Crippen LogP contribution is 2.15. The maximum Gasteiger partial charge on any atom is 0.337 e. The van der Waals surface area contributed by atoms with Crippen LogP contribution in [0.25, 0.3) is 0 Å². The molecule has 0 aliphatic carbocycles. The van der Waals surface area contributed by atoms with Crippen molar-refractivity contribution >= 4 is 17.6 Å². The van der Waals surface area contributed by atoms with Gasteiger partial charge in [-0.3, -0.25) is 4.79 Å². The Morgan fingerprint density at radius 2 is 1.71 bits per heavy atom. The third-order valence-corrected chi connectivity index (χ3v) is 3.19. The van der Waals surface area contributed by atoms with Crippen molar-refractivity contribution in [3.8, 4) is 0 Å². The molecular weight excluding hydrogens is 266 g/mol. The summed E-state index contributed by atoms with van der Waals surface area (Å²) in [5, 5.41) is 11.7. The molecule has 2 rings (SSSR count). The van der Waals surface area contributed by atoms with Gasteiger partial charge in [-0.1, -0.05) is 42.0 Å². The van der Waals surface area contributed by atoms with Crippen LogP contribution in [0.3, 0.4) is 0 Å². The molecule has 0 radical (unpaired) electrons. The molecule has 0 saturated heterocycles. The van der Waals surface area contributed by atoms with E-state index in [1.807, 2.05) is 31.2 Å². The molecule has 4 nitrogen and oxygen atoms in total. The molecule has 0 aromatic heterocycles. The monoisotopic (exact) mass is 283 g/mol. The lowest BCUT2D eigenvalue weighted by Crippen LogP contribution is -2.15. The summed E-state index contributed by atoms with van der Waals surface area (Å²) in [5.74, 6) is -1.24. The van der Waals surface area contributed by atoms with E-state index in [-0.39, 0.29) is 11.5 Å². The summed E-state index contributed by atoms with van der Waals surface area (Å²) in [4.78, 5) is 23.0. The van der Waals surface area contributed by atoms with Gasteiger partial charge < -0.3 is 10.4 Å². The number of aryl methyl sites for hydroxylation is 2. The number of carboxylic acids is 1. The van der Waals surface area contributed by atoms with E-state index in [2.05, 4.69) is 5.32 Å². The van der Waals surface area contributed by atoms with Crippen LogP contribution in [-0.4, -0.2) is 17.0 Å². The average Bonchev–Trinajstić information content (AvgIpc) is 2.47. The van der Waals surface area contributed by atoms with Gasteiger partial charge in [-0.05, 0) is 31.0 Å². The number of anilines is 1. The van der Waals surface area contributed by atoms with Crippen molar-refractivity contribution in [1.82, 2.24) is 0 Å². The van der Waals surface area contributed by atoms with Crippen molar-refractivity contribution in [2.75, 3.05) is 5.32 Å². The SMILES string of the molecule is Cc1ccc(CCC(=O)Nc2ccccc2C(=O)O)cc1. The second-order valence-electron chi connectivity index (χ2n) is 4.88. The van der Waals surface area contributed by atoms with Gasteiger partial charge in [0.2, 0.25) is 5.91 Å². The number of carbonyl (C=O) groups excluding carboxylic acids is 1. The van der Waals surface area contributed by atoms with Crippen molar-refractivity contribution in [1.29, 1.82) is 0 Å². The standard InChI is InChI=1S/C17H17NO3/c1-12-6-8-13(9-7-12)10-11-16(19)18-15-5-3-2-4-14(15)17(20)21/h2-9H,10-11H2,1H3,(H,18,19)(H,20,21). The van der Waals surface area contributed by atoms with Gasteiger partial charge in [-0.2, -0.15) is 0 Å². The first kappa shape index (κ1) is 14.8. The van der Waals surface area contributed by atoms with Crippen LogP contribution in [0.15, 0.2) is 48.5 Å². The Kier molecular flexibility index (Phi) is 4.72. The summed E-state index contributed by atoms with van der Waals surface area (Å²) < 4.78 is 0. The number of nitrogens with one attached hydrogen (secondary N) is 1. The Hall–Kier alpha value is -2.62. The number of aromatic carboxylic acids is 1. The lowest BCUT2D eigenvalue weighted by Gasteiger charge is -2.08. The molecule has 0 fully saturated rings. The van der Waals surface area contributed by atoms with Crippen LogP contribution < -0.4 is 5.32 Å². The molecule has 0 aliphatic heterocycles. The van der Waals surface area contributed by atoms with Crippen molar-refractivity contribution < 1.29 is 14.7 Å². The van der Waals surface area contributed by atoms with Gasteiger partial charge in [0, 0.05) is 6.42 Å². The topological polar surface area (TPSA) is 66.4 Å². The molecule has 0 heterocycles. The maximum atomic E-state index is 11.9. The van der Waals surface area contributed by atoms with Gasteiger partial charge in [-0.25, -0.2) is 4.79 Å². The predicted octanol–water partition coefficient (Wildman–Crippen LogP) is 3.26. The zero-order valence-electron chi connectivity index (χ0n) is 11.8. The van der Waals surface area contributed by atoms with Crippen LogP contribution in [0, 0.1) is 6.92 Å². The Morgan fingerprint density at radius 1 is 1.05 bits per heavy atom. The van der Waals surface area contributed by atoms with Crippen molar-refractivity contribution in [2.24, 2.45) is 0 Å². The molecule has 1 amide bonds. The third-order valence-electron chi connectivity index (χ3n) is 3.19. The van der Waals surface area contributed by atoms with Gasteiger partial charge in [0.1, 0.15) is 0 Å². The molecule has 2 aromatic carbocycles. The number of carboxylic acid groups (broad SMARTS) is 1. The summed E-state index contributed by atoms with van der Waals surface area (Å²) >= 11 is 0. The second-order valence-corrected chi connectivity index (χ2v) is 4.88. The van der Waals surface area contributed by atoms with E-state index >= 15 is 0 Å². The molecule has 0 bridgehead atoms. The lowest BCUT2D eigenvalue weighted by atomic mass is 10.1. The molecule has 0 atom stereocenters. The van der Waals surface area contributed by atoms with Crippen LogP contribution in [0.4, 0.5) is 5.69 Å². The Labute approximate surface area is 123 Å². The zero-order valence-corrected chi connectivity index (χ0v) is 11.8. The molecule has 2 N–H and O–H groups in total. The number of hydrogen-bond donors (Lipinski definition) is 2. The molecule has 108 valence electrons. The fourth-order valence-corrected chi connectivity index (χ4v) is 2.00. The van der Waals surface area contributed by atoms with Crippen LogP contribution in [-0.2, 0) is 11.2 Å². The molecule has 0 saturated carbocycles. The summed E-state index contributed by atoms with van der Waals surface area (Å²) in [6, 6.07) is 14.4. The van der Waals surface area contributed by atoms with Crippen molar-refractivity contribution in [3.05, 3.63) is 65.2 Å². The van der Waals surface area contributed by atoms with Crippen molar-refractivity contribution in [3.63, 3.8) is 0 Å². The molecular formula is C17H17NO3. The lowest BCUT2D eigenvalue weighted by molar-refractivity contribution is -0.116. The largest absolute Gasteiger partial charge is 0.478 e. The van der Waals surface area contributed by atoms with Crippen LogP contribution in [0.2, 0.25) is 0 Å². The average molecular weight is 283 g/mol. The first-order valence-corrected chi connectivity index (χ1v) is 6.74. The normalized spacial score (nSPS) is 10.1. The third kappa shape index (κ3) is 4.18. The first-order valence-electron chi connectivity index (χ1n) is 6.74. The predicted molar refractivity (Wildman–Crippen MR) is 81.5 cm³/mol. The van der Waals surface area contributed by atoms with Crippen LogP contribution in [0.5, 0.6) is 0 Å². The van der Waals surface area contributed by atoms with E-state index in [4.69, 9.17) is 5.11 Å². The van der Waals surface area contributed by atoms with E-state index in [9.17, 15) is 9.59 Å². The zero-order chi connectivity index (χ0) is 15.2. The van der Waals surface area contributed by atoms with Crippen molar-refractivity contribution in [2.45, 2.75) is 19.8 Å². The van der Waals surface area contributed by atoms with Gasteiger partial charge in [0.25, 0.3) is 0 Å². The van der Waals surface area contributed by atoms with E-state index in [0.717, 1.165) is 5.56 Å². The van der Waals surface area contributed by atoms with Crippen LogP contribution >= 0.6 is 0 Å². The first-order chi connectivity index (χ1) is 10.1. The molecule has 0 aliphatic rings. The molecule has 2 aromatic rings. The number of carbonyl (C=O) groups is 2. The minimum atomic E-state index is -1.05. The number of para-hydroxylation sites is 1. The second kappa shape index (κ2) is 6.70. The summed E-state index contributed by atoms with van der Waals surface area (Å²) in [5.41, 5.74) is 2.70. The highest BCUT2D eigenvalue weighted by molar-refractivity contribution is 6.00. The number of hydrogen-bond acceptors (Lipinski definition) is 2. The van der Waals surface area contributed by atoms with Gasteiger partial charge >= 0.3 is 5.97 Å². The highest BCUT2D eigenvalue weighted by Gasteiger charge is 2.11. The number of amides is 1. The summed E-state index contributed by atoms with van der Waals surface area (Å²) in [6.07, 6.45) is 0.943. The van der Waals surface area contributed by atoms with E-state index < -0.39 is 5.97 Å². The Bertz CT molecular complexity index is 647. The van der Waals surface area contributed by atoms with Gasteiger partial charge in [-0.15, -0.1) is 0 Å². The minimum absolute atomic E-state index is 0.0983. The molecule has 0 spiro atoms. The number of rotatable bonds is 5. The molecule has 0 unspecified atom stereocenters. The number of benzene rings is 2. The summed E-state index contributed by atoms with van der Waals surface area (Å²) in [7, 11) is 0.